The van der Waals surface area contributed by atoms with Crippen molar-refractivity contribution in [2.75, 3.05) is 0 Å². The molecular weight excluding hydrogens is 260 g/mol. The summed E-state index contributed by atoms with van der Waals surface area (Å²) in [6.07, 6.45) is 4.62. The number of hydrogen-bond acceptors (Lipinski definition) is 1. The predicted molar refractivity (Wildman–Crippen MR) is 85.6 cm³/mol. The van der Waals surface area contributed by atoms with Gasteiger partial charge in [-0.2, -0.15) is 0 Å². The van der Waals surface area contributed by atoms with E-state index in [1.54, 1.807) is 0 Å². The van der Waals surface area contributed by atoms with Crippen LogP contribution in [0, 0.1) is 6.92 Å². The number of rotatable bonds is 7. The first-order chi connectivity index (χ1) is 10.1. The number of aryl methyl sites for hydroxylation is 3. The molecule has 0 aliphatic heterocycles. The molecule has 0 heterocycles. The van der Waals surface area contributed by atoms with E-state index in [1.165, 1.54) is 23.1 Å². The Bertz CT molecular complexity index is 568. The summed E-state index contributed by atoms with van der Waals surface area (Å²) in [6.45, 7) is 2.11. The fraction of sp³-hybridized carbons (Fsp3) is 0.316. The molecule has 110 valence electrons. The van der Waals surface area contributed by atoms with E-state index in [0.717, 1.165) is 24.8 Å². The van der Waals surface area contributed by atoms with Crippen molar-refractivity contribution in [3.63, 3.8) is 0 Å². The summed E-state index contributed by atoms with van der Waals surface area (Å²) in [6, 6.07) is 16.7. The van der Waals surface area contributed by atoms with Crippen LogP contribution in [0.25, 0.3) is 0 Å². The van der Waals surface area contributed by atoms with Crippen molar-refractivity contribution in [1.29, 1.82) is 0 Å². The Hall–Kier alpha value is -2.09. The van der Waals surface area contributed by atoms with E-state index in [1.807, 2.05) is 24.3 Å². The molecule has 2 heteroatoms. The molecule has 2 rings (SSSR count). The van der Waals surface area contributed by atoms with Crippen molar-refractivity contribution in [3.8, 4) is 0 Å². The lowest BCUT2D eigenvalue weighted by atomic mass is 10.0. The van der Waals surface area contributed by atoms with Gasteiger partial charge in [0.15, 0.2) is 0 Å². The largest absolute Gasteiger partial charge is 0.481 e. The number of carboxylic acids is 1. The van der Waals surface area contributed by atoms with Gasteiger partial charge >= 0.3 is 5.97 Å². The van der Waals surface area contributed by atoms with Gasteiger partial charge in [-0.05, 0) is 49.3 Å². The topological polar surface area (TPSA) is 37.3 Å². The maximum absolute atomic E-state index is 10.6. The summed E-state index contributed by atoms with van der Waals surface area (Å²) in [5.41, 5.74) is 4.86. The average Bonchev–Trinajstić information content (AvgIpc) is 2.46. The quantitative estimate of drug-likeness (QED) is 0.773. The Kier molecular flexibility index (Phi) is 5.56. The zero-order chi connectivity index (χ0) is 15.1. The van der Waals surface area contributed by atoms with Crippen LogP contribution in [0.5, 0.6) is 0 Å². The molecule has 21 heavy (non-hydrogen) atoms. The Morgan fingerprint density at radius 3 is 1.71 bits per heavy atom. The lowest BCUT2D eigenvalue weighted by molar-refractivity contribution is -0.136. The van der Waals surface area contributed by atoms with Crippen LogP contribution in [0.15, 0.2) is 48.5 Å². The second kappa shape index (κ2) is 7.63. The molecule has 0 aliphatic rings. The van der Waals surface area contributed by atoms with Crippen molar-refractivity contribution >= 4 is 5.97 Å². The number of hydrogen-bond donors (Lipinski definition) is 1. The van der Waals surface area contributed by atoms with E-state index in [0.29, 0.717) is 0 Å². The smallest absolute Gasteiger partial charge is 0.307 e. The molecule has 0 spiro atoms. The number of carboxylic acid groups (broad SMARTS) is 1. The summed E-state index contributed by atoms with van der Waals surface area (Å²) in [5, 5.41) is 8.73. The molecule has 0 aromatic heterocycles. The number of carbonyl (C=O) groups is 1. The molecule has 0 atom stereocenters. The monoisotopic (exact) mass is 282 g/mol. The second-order valence-electron chi connectivity index (χ2n) is 5.58. The van der Waals surface area contributed by atoms with E-state index in [4.69, 9.17) is 5.11 Å². The third-order valence-corrected chi connectivity index (χ3v) is 3.68. The van der Waals surface area contributed by atoms with Crippen molar-refractivity contribution in [3.05, 3.63) is 70.8 Å². The van der Waals surface area contributed by atoms with Crippen LogP contribution in [0.4, 0.5) is 0 Å². The minimum Gasteiger partial charge on any atom is -0.481 e. The standard InChI is InChI=1S/C19H22O2/c1-15-6-8-16(9-7-15)4-2-3-5-17-10-12-18(13-11-17)14-19(20)21/h6-13H,2-5,14H2,1H3,(H,20,21). The van der Waals surface area contributed by atoms with Gasteiger partial charge in [0.1, 0.15) is 0 Å². The molecule has 2 aromatic rings. The first kappa shape index (κ1) is 15.3. The zero-order valence-electron chi connectivity index (χ0n) is 12.5. The second-order valence-corrected chi connectivity index (χ2v) is 5.58. The Morgan fingerprint density at radius 1 is 0.810 bits per heavy atom. The van der Waals surface area contributed by atoms with E-state index in [2.05, 4.69) is 31.2 Å². The van der Waals surface area contributed by atoms with Gasteiger partial charge in [0, 0.05) is 0 Å². The lowest BCUT2D eigenvalue weighted by Gasteiger charge is -2.04. The summed E-state index contributed by atoms with van der Waals surface area (Å²) < 4.78 is 0. The maximum Gasteiger partial charge on any atom is 0.307 e. The summed E-state index contributed by atoms with van der Waals surface area (Å²) in [4.78, 5) is 10.6. The molecule has 0 unspecified atom stereocenters. The molecule has 0 radical (unpaired) electrons. The summed E-state index contributed by atoms with van der Waals surface area (Å²) >= 11 is 0. The van der Waals surface area contributed by atoms with Gasteiger partial charge < -0.3 is 5.11 Å². The molecule has 0 saturated heterocycles. The van der Waals surface area contributed by atoms with Gasteiger partial charge in [0.05, 0.1) is 6.42 Å². The predicted octanol–water partition coefficient (Wildman–Crippen LogP) is 4.19. The Balaban J connectivity index is 1.73. The van der Waals surface area contributed by atoms with E-state index < -0.39 is 5.97 Å². The number of aliphatic carboxylic acids is 1. The molecule has 0 bridgehead atoms. The van der Waals surface area contributed by atoms with Crippen LogP contribution in [-0.2, 0) is 24.1 Å². The molecule has 2 aromatic carbocycles. The van der Waals surface area contributed by atoms with Gasteiger partial charge in [0.2, 0.25) is 0 Å². The van der Waals surface area contributed by atoms with Gasteiger partial charge in [-0.1, -0.05) is 54.1 Å². The van der Waals surface area contributed by atoms with Crippen LogP contribution in [0.2, 0.25) is 0 Å². The van der Waals surface area contributed by atoms with Gasteiger partial charge in [-0.25, -0.2) is 0 Å². The molecule has 0 fully saturated rings. The van der Waals surface area contributed by atoms with Crippen LogP contribution in [0.1, 0.15) is 35.1 Å². The molecule has 1 N–H and O–H groups in total. The molecule has 0 saturated carbocycles. The maximum atomic E-state index is 10.6. The van der Waals surface area contributed by atoms with Crippen LogP contribution < -0.4 is 0 Å². The Morgan fingerprint density at radius 2 is 1.24 bits per heavy atom. The highest BCUT2D eigenvalue weighted by Crippen LogP contribution is 2.11. The first-order valence-electron chi connectivity index (χ1n) is 7.48. The molecule has 0 aliphatic carbocycles. The fourth-order valence-corrected chi connectivity index (χ4v) is 2.41. The number of unbranched alkanes of at least 4 members (excludes halogenated alkanes) is 1. The minimum absolute atomic E-state index is 0.105. The van der Waals surface area contributed by atoms with Gasteiger partial charge in [-0.15, -0.1) is 0 Å². The van der Waals surface area contributed by atoms with Gasteiger partial charge in [0.25, 0.3) is 0 Å². The van der Waals surface area contributed by atoms with E-state index >= 15 is 0 Å². The highest BCUT2D eigenvalue weighted by atomic mass is 16.4. The third kappa shape index (κ3) is 5.42. The van der Waals surface area contributed by atoms with Crippen molar-refractivity contribution in [2.45, 2.75) is 39.0 Å². The first-order valence-corrected chi connectivity index (χ1v) is 7.48. The lowest BCUT2D eigenvalue weighted by Crippen LogP contribution is -1.99. The van der Waals surface area contributed by atoms with E-state index in [9.17, 15) is 4.79 Å². The average molecular weight is 282 g/mol. The minimum atomic E-state index is -0.777. The highest BCUT2D eigenvalue weighted by Gasteiger charge is 2.00. The highest BCUT2D eigenvalue weighted by molar-refractivity contribution is 5.70. The Labute approximate surface area is 126 Å². The SMILES string of the molecule is Cc1ccc(CCCCc2ccc(CC(=O)O)cc2)cc1. The zero-order valence-corrected chi connectivity index (χ0v) is 12.5. The normalized spacial score (nSPS) is 10.5. The summed E-state index contributed by atoms with van der Waals surface area (Å²) in [7, 11) is 0. The number of benzene rings is 2. The van der Waals surface area contributed by atoms with Crippen LogP contribution in [-0.4, -0.2) is 11.1 Å². The molecular formula is C19H22O2. The van der Waals surface area contributed by atoms with E-state index in [-0.39, 0.29) is 6.42 Å². The van der Waals surface area contributed by atoms with Gasteiger partial charge in [-0.3, -0.25) is 4.79 Å². The molecule has 0 amide bonds. The third-order valence-electron chi connectivity index (χ3n) is 3.68. The fourth-order valence-electron chi connectivity index (χ4n) is 2.41. The van der Waals surface area contributed by atoms with Crippen molar-refractivity contribution < 1.29 is 9.90 Å². The van der Waals surface area contributed by atoms with Crippen molar-refractivity contribution in [2.24, 2.45) is 0 Å². The molecule has 2 nitrogen and oxygen atoms in total. The van der Waals surface area contributed by atoms with Crippen LogP contribution >= 0.6 is 0 Å². The van der Waals surface area contributed by atoms with Crippen LogP contribution in [0.3, 0.4) is 0 Å². The van der Waals surface area contributed by atoms with Crippen molar-refractivity contribution in [1.82, 2.24) is 0 Å². The summed E-state index contributed by atoms with van der Waals surface area (Å²) in [5.74, 6) is -0.777.